The number of aliphatic hydroxyl groups excluding tert-OH is 1. The molecule has 2 heteroatoms. The Morgan fingerprint density at radius 2 is 2.00 bits per heavy atom. The van der Waals surface area contributed by atoms with E-state index >= 15 is 0 Å². The summed E-state index contributed by atoms with van der Waals surface area (Å²) in [5.41, 5.74) is 0. The molecule has 0 saturated carbocycles. The van der Waals surface area contributed by atoms with Gasteiger partial charge in [-0.25, -0.2) is 0 Å². The van der Waals surface area contributed by atoms with Gasteiger partial charge in [0.05, 0.1) is 6.10 Å². The largest absolute Gasteiger partial charge is 0.392 e. The molecule has 0 amide bonds. The molecule has 0 rings (SSSR count). The van der Waals surface area contributed by atoms with Gasteiger partial charge in [0.1, 0.15) is 5.78 Å². The highest BCUT2D eigenvalue weighted by molar-refractivity contribution is 5.80. The molecule has 0 heterocycles. The van der Waals surface area contributed by atoms with Crippen LogP contribution in [-0.4, -0.2) is 17.0 Å². The molecule has 0 aliphatic heterocycles. The fraction of sp³-hybridized carbons (Fsp3) is 0.900. The average Bonchev–Trinajstić information content (AvgIpc) is 2.11. The van der Waals surface area contributed by atoms with Crippen LogP contribution in [0.4, 0.5) is 0 Å². The Labute approximate surface area is 75.0 Å². The van der Waals surface area contributed by atoms with E-state index in [2.05, 4.69) is 6.92 Å². The Hall–Kier alpha value is -0.370. The summed E-state index contributed by atoms with van der Waals surface area (Å²) in [5, 5.41) is 9.53. The zero-order valence-corrected chi connectivity index (χ0v) is 8.34. The van der Waals surface area contributed by atoms with Gasteiger partial charge in [0.2, 0.25) is 0 Å². The van der Waals surface area contributed by atoms with Crippen molar-refractivity contribution in [1.82, 2.24) is 0 Å². The van der Waals surface area contributed by atoms with Gasteiger partial charge in [-0.1, -0.05) is 33.6 Å². The van der Waals surface area contributed by atoms with Gasteiger partial charge in [-0.05, 0) is 6.42 Å². The van der Waals surface area contributed by atoms with Crippen LogP contribution in [0.15, 0.2) is 0 Å². The molecule has 1 N–H and O–H groups in total. The molecule has 0 saturated heterocycles. The van der Waals surface area contributed by atoms with Gasteiger partial charge in [-0.3, -0.25) is 4.79 Å². The molecule has 0 aliphatic carbocycles. The minimum absolute atomic E-state index is 0.165. The summed E-state index contributed by atoms with van der Waals surface area (Å²) in [4.78, 5) is 11.2. The lowest BCUT2D eigenvalue weighted by molar-refractivity contribution is -0.125. The van der Waals surface area contributed by atoms with Gasteiger partial charge in [0.25, 0.3) is 0 Å². The summed E-state index contributed by atoms with van der Waals surface area (Å²) in [6, 6.07) is 0. The Morgan fingerprint density at radius 1 is 1.42 bits per heavy atom. The van der Waals surface area contributed by atoms with Crippen LogP contribution >= 0.6 is 0 Å². The fourth-order valence-corrected chi connectivity index (χ4v) is 1.20. The van der Waals surface area contributed by atoms with Crippen molar-refractivity contribution in [3.8, 4) is 0 Å². The molecule has 0 spiro atoms. The van der Waals surface area contributed by atoms with E-state index in [0.717, 1.165) is 19.3 Å². The van der Waals surface area contributed by atoms with Gasteiger partial charge in [-0.15, -0.1) is 0 Å². The number of unbranched alkanes of at least 4 members (excludes halogenated alkanes) is 1. The monoisotopic (exact) mass is 172 g/mol. The van der Waals surface area contributed by atoms with E-state index in [1.807, 2.05) is 13.8 Å². The van der Waals surface area contributed by atoms with Crippen LogP contribution < -0.4 is 0 Å². The average molecular weight is 172 g/mol. The lowest BCUT2D eigenvalue weighted by Gasteiger charge is -2.16. The third-order valence-electron chi connectivity index (χ3n) is 2.29. The second-order valence-corrected chi connectivity index (χ2v) is 3.32. The second kappa shape index (κ2) is 6.18. The lowest BCUT2D eigenvalue weighted by Crippen LogP contribution is -2.24. The zero-order valence-electron chi connectivity index (χ0n) is 8.34. The minimum Gasteiger partial charge on any atom is -0.392 e. The van der Waals surface area contributed by atoms with E-state index in [1.165, 1.54) is 0 Å². The highest BCUT2D eigenvalue weighted by Crippen LogP contribution is 2.12. The number of carbonyl (C=O) groups excluding carboxylic acids is 1. The molecular weight excluding hydrogens is 152 g/mol. The van der Waals surface area contributed by atoms with Gasteiger partial charge < -0.3 is 5.11 Å². The first-order valence-corrected chi connectivity index (χ1v) is 4.84. The van der Waals surface area contributed by atoms with Crippen LogP contribution in [0.1, 0.15) is 46.5 Å². The zero-order chi connectivity index (χ0) is 9.56. The van der Waals surface area contributed by atoms with Crippen molar-refractivity contribution >= 4 is 5.78 Å². The minimum atomic E-state index is -0.433. The maximum absolute atomic E-state index is 11.2. The number of rotatable bonds is 6. The normalized spacial score (nSPS) is 15.7. The summed E-state index contributed by atoms with van der Waals surface area (Å²) in [6.07, 6.45) is 2.93. The van der Waals surface area contributed by atoms with E-state index in [0.29, 0.717) is 6.42 Å². The fourth-order valence-electron chi connectivity index (χ4n) is 1.20. The van der Waals surface area contributed by atoms with Crippen molar-refractivity contribution in [1.29, 1.82) is 0 Å². The number of hydrogen-bond donors (Lipinski definition) is 1. The lowest BCUT2D eigenvalue weighted by atomic mass is 9.94. The van der Waals surface area contributed by atoms with Gasteiger partial charge in [0, 0.05) is 12.3 Å². The van der Waals surface area contributed by atoms with E-state index in [-0.39, 0.29) is 11.7 Å². The Balaban J connectivity index is 3.75. The van der Waals surface area contributed by atoms with Crippen LogP contribution in [0.25, 0.3) is 0 Å². The molecular formula is C10H20O2. The van der Waals surface area contributed by atoms with E-state index in [9.17, 15) is 9.90 Å². The molecule has 0 aromatic rings. The van der Waals surface area contributed by atoms with E-state index < -0.39 is 6.10 Å². The molecule has 2 atom stereocenters. The predicted molar refractivity (Wildman–Crippen MR) is 50.0 cm³/mol. The smallest absolute Gasteiger partial charge is 0.138 e. The summed E-state index contributed by atoms with van der Waals surface area (Å²) in [6.45, 7) is 5.73. The Morgan fingerprint density at radius 3 is 2.42 bits per heavy atom. The molecule has 72 valence electrons. The van der Waals surface area contributed by atoms with Crippen molar-refractivity contribution in [3.05, 3.63) is 0 Å². The molecule has 0 aromatic heterocycles. The maximum Gasteiger partial charge on any atom is 0.138 e. The van der Waals surface area contributed by atoms with E-state index in [4.69, 9.17) is 0 Å². The summed E-state index contributed by atoms with van der Waals surface area (Å²) < 4.78 is 0. The van der Waals surface area contributed by atoms with Crippen LogP contribution in [0.2, 0.25) is 0 Å². The van der Waals surface area contributed by atoms with Crippen molar-refractivity contribution < 1.29 is 9.90 Å². The number of hydrogen-bond acceptors (Lipinski definition) is 2. The summed E-state index contributed by atoms with van der Waals surface area (Å²) in [7, 11) is 0. The van der Waals surface area contributed by atoms with Crippen LogP contribution in [0.5, 0.6) is 0 Å². The van der Waals surface area contributed by atoms with E-state index in [1.54, 1.807) is 0 Å². The SMILES string of the molecule is CCCCC(O)C(C)C(=O)CC. The first-order valence-electron chi connectivity index (χ1n) is 4.84. The van der Waals surface area contributed by atoms with Crippen molar-refractivity contribution in [2.75, 3.05) is 0 Å². The second-order valence-electron chi connectivity index (χ2n) is 3.32. The van der Waals surface area contributed by atoms with Crippen molar-refractivity contribution in [2.45, 2.75) is 52.6 Å². The molecule has 0 fully saturated rings. The Kier molecular flexibility index (Phi) is 5.99. The first kappa shape index (κ1) is 11.6. The Bertz CT molecular complexity index is 132. The van der Waals surface area contributed by atoms with Gasteiger partial charge in [-0.2, -0.15) is 0 Å². The summed E-state index contributed by atoms with van der Waals surface area (Å²) >= 11 is 0. The molecule has 12 heavy (non-hydrogen) atoms. The van der Waals surface area contributed by atoms with Crippen molar-refractivity contribution in [2.24, 2.45) is 5.92 Å². The molecule has 0 aliphatic rings. The van der Waals surface area contributed by atoms with Crippen LogP contribution in [-0.2, 0) is 4.79 Å². The highest BCUT2D eigenvalue weighted by atomic mass is 16.3. The molecule has 2 unspecified atom stereocenters. The first-order chi connectivity index (χ1) is 5.63. The molecule has 2 nitrogen and oxygen atoms in total. The third-order valence-corrected chi connectivity index (χ3v) is 2.29. The van der Waals surface area contributed by atoms with Gasteiger partial charge in [0.15, 0.2) is 0 Å². The topological polar surface area (TPSA) is 37.3 Å². The van der Waals surface area contributed by atoms with Crippen LogP contribution in [0.3, 0.4) is 0 Å². The summed E-state index contributed by atoms with van der Waals surface area (Å²) in [5.74, 6) is -0.0137. The third kappa shape index (κ3) is 3.86. The predicted octanol–water partition coefficient (Wildman–Crippen LogP) is 2.15. The standard InChI is InChI=1S/C10H20O2/c1-4-6-7-10(12)8(3)9(11)5-2/h8,10,12H,4-7H2,1-3H3. The molecule has 0 radical (unpaired) electrons. The van der Waals surface area contributed by atoms with Crippen molar-refractivity contribution in [3.63, 3.8) is 0 Å². The quantitative estimate of drug-likeness (QED) is 0.666. The number of ketones is 1. The molecule has 0 bridgehead atoms. The van der Waals surface area contributed by atoms with Crippen LogP contribution in [0, 0.1) is 5.92 Å². The number of Topliss-reactive ketones (excluding diaryl/α,β-unsaturated/α-hetero) is 1. The van der Waals surface area contributed by atoms with Gasteiger partial charge >= 0.3 is 0 Å². The maximum atomic E-state index is 11.2. The molecule has 0 aromatic carbocycles. The highest BCUT2D eigenvalue weighted by Gasteiger charge is 2.19. The number of aliphatic hydroxyl groups is 1. The number of carbonyl (C=O) groups is 1.